The molecule has 0 aliphatic heterocycles. The Hall–Kier alpha value is -5.43. The van der Waals surface area contributed by atoms with Gasteiger partial charge in [-0.2, -0.15) is 25.3 Å². The van der Waals surface area contributed by atoms with Crippen LogP contribution in [0.2, 0.25) is 0 Å². The number of benzene rings is 6. The Kier molecular flexibility index (Phi) is 10.7. The van der Waals surface area contributed by atoms with E-state index in [1.54, 1.807) is 36.4 Å². The van der Waals surface area contributed by atoms with Gasteiger partial charge in [0.1, 0.15) is 4.90 Å². The summed E-state index contributed by atoms with van der Waals surface area (Å²) in [6.45, 7) is 0. The lowest BCUT2D eigenvalue weighted by Gasteiger charge is -2.13. The molecule has 0 atom stereocenters. The van der Waals surface area contributed by atoms with Crippen LogP contribution in [0.4, 0.5) is 34.1 Å². The van der Waals surface area contributed by atoms with Crippen LogP contribution < -0.4 is 28.3 Å². The molecule has 0 spiro atoms. The van der Waals surface area contributed by atoms with Crippen LogP contribution in [0.3, 0.4) is 0 Å². The number of rotatable bonds is 5. The van der Waals surface area contributed by atoms with Gasteiger partial charge in [0, 0.05) is 55.7 Å². The summed E-state index contributed by atoms with van der Waals surface area (Å²) >= 11 is 0. The van der Waals surface area contributed by atoms with Crippen molar-refractivity contribution >= 4 is 86.0 Å². The molecule has 6 rings (SSSR count). The fraction of sp³-hybridized carbons (Fsp3) is 0. The van der Waals surface area contributed by atoms with Crippen molar-refractivity contribution < 1.29 is 38.9 Å². The van der Waals surface area contributed by atoms with E-state index in [0.717, 1.165) is 5.69 Å². The SMILES string of the molecule is Nc1ccc(N)c2cc(S(=O)(=O)O)ccc12.Nc1ccc(Nc2ccccc2)c2c(S(=O)(=O)O)cccc12.Nc1ccc(S(=O)(=O)O)cc1. The zero-order valence-corrected chi connectivity index (χ0v) is 27.7. The molecule has 6 aromatic carbocycles. The Morgan fingerprint density at radius 3 is 1.57 bits per heavy atom. The molecular weight excluding hydrogens is 695 g/mol. The Labute approximate surface area is 282 Å². The van der Waals surface area contributed by atoms with Crippen molar-refractivity contribution in [2.45, 2.75) is 14.7 Å². The van der Waals surface area contributed by atoms with Crippen molar-refractivity contribution in [3.8, 4) is 0 Å². The van der Waals surface area contributed by atoms with Gasteiger partial charge in [0.05, 0.1) is 9.79 Å². The lowest BCUT2D eigenvalue weighted by atomic mass is 10.1. The Morgan fingerprint density at radius 1 is 0.469 bits per heavy atom. The molecule has 17 heteroatoms. The van der Waals surface area contributed by atoms with E-state index in [0.29, 0.717) is 50.0 Å². The largest absolute Gasteiger partial charge is 0.399 e. The average Bonchev–Trinajstić information content (AvgIpc) is 3.04. The van der Waals surface area contributed by atoms with Gasteiger partial charge in [-0.05, 0) is 78.9 Å². The molecular formula is C32H31N5O9S3. The maximum atomic E-state index is 11.6. The zero-order chi connectivity index (χ0) is 36.1. The molecule has 0 radical (unpaired) electrons. The summed E-state index contributed by atoms with van der Waals surface area (Å²) in [5.41, 5.74) is 25.8. The second kappa shape index (κ2) is 14.4. The van der Waals surface area contributed by atoms with Gasteiger partial charge in [0.15, 0.2) is 0 Å². The third-order valence-corrected chi connectivity index (χ3v) is 9.51. The number of anilines is 6. The van der Waals surface area contributed by atoms with Gasteiger partial charge in [-0.15, -0.1) is 0 Å². The molecule has 0 saturated carbocycles. The van der Waals surface area contributed by atoms with Gasteiger partial charge < -0.3 is 28.3 Å². The second-order valence-electron chi connectivity index (χ2n) is 10.3. The van der Waals surface area contributed by atoms with E-state index in [4.69, 9.17) is 32.0 Å². The normalized spacial score (nSPS) is 11.6. The number of nitrogens with one attached hydrogen (secondary N) is 1. The number of hydrogen-bond donors (Lipinski definition) is 8. The molecule has 0 aliphatic rings. The van der Waals surface area contributed by atoms with Crippen molar-refractivity contribution in [1.82, 2.24) is 0 Å². The first-order valence-corrected chi connectivity index (χ1v) is 18.2. The first-order valence-electron chi connectivity index (χ1n) is 13.9. The molecule has 0 amide bonds. The summed E-state index contributed by atoms with van der Waals surface area (Å²) in [5, 5.41) is 5.26. The first kappa shape index (κ1) is 36.4. The third kappa shape index (κ3) is 9.14. The van der Waals surface area contributed by atoms with Crippen LogP contribution >= 0.6 is 0 Å². The van der Waals surface area contributed by atoms with Crippen molar-refractivity contribution in [3.63, 3.8) is 0 Å². The van der Waals surface area contributed by atoms with Crippen molar-refractivity contribution in [1.29, 1.82) is 0 Å². The number of fused-ring (bicyclic) bond motifs is 2. The molecule has 0 bridgehead atoms. The molecule has 0 aromatic heterocycles. The smallest absolute Gasteiger partial charge is 0.295 e. The van der Waals surface area contributed by atoms with Crippen molar-refractivity contribution in [2.24, 2.45) is 0 Å². The maximum absolute atomic E-state index is 11.6. The Bertz CT molecular complexity index is 2480. The van der Waals surface area contributed by atoms with E-state index in [-0.39, 0.29) is 14.7 Å². The summed E-state index contributed by atoms with van der Waals surface area (Å²) in [7, 11) is -12.7. The first-order chi connectivity index (χ1) is 22.9. The lowest BCUT2D eigenvalue weighted by Crippen LogP contribution is -2.02. The van der Waals surface area contributed by atoms with E-state index in [1.165, 1.54) is 48.5 Å². The van der Waals surface area contributed by atoms with Gasteiger partial charge in [0.2, 0.25) is 0 Å². The molecule has 0 saturated heterocycles. The lowest BCUT2D eigenvalue weighted by molar-refractivity contribution is 0.481. The van der Waals surface area contributed by atoms with E-state index in [1.807, 2.05) is 30.3 Å². The second-order valence-corrected chi connectivity index (χ2v) is 14.6. The Balaban J connectivity index is 0.000000176. The molecule has 49 heavy (non-hydrogen) atoms. The quantitative estimate of drug-likeness (QED) is 0.0840. The van der Waals surface area contributed by atoms with Crippen LogP contribution in [0.25, 0.3) is 21.5 Å². The minimum Gasteiger partial charge on any atom is -0.399 e. The summed E-state index contributed by atoms with van der Waals surface area (Å²) in [4.78, 5) is -0.514. The van der Waals surface area contributed by atoms with E-state index in [2.05, 4.69) is 5.32 Å². The zero-order valence-electron chi connectivity index (χ0n) is 25.3. The van der Waals surface area contributed by atoms with Crippen LogP contribution in [-0.4, -0.2) is 38.9 Å². The van der Waals surface area contributed by atoms with Crippen molar-refractivity contribution in [2.75, 3.05) is 28.3 Å². The summed E-state index contributed by atoms with van der Waals surface area (Å²) in [6.07, 6.45) is 0. The fourth-order valence-corrected chi connectivity index (χ4v) is 6.28. The van der Waals surface area contributed by atoms with Crippen LogP contribution in [0, 0.1) is 0 Å². The van der Waals surface area contributed by atoms with Crippen LogP contribution in [0.1, 0.15) is 0 Å². The Morgan fingerprint density at radius 2 is 1.00 bits per heavy atom. The fourth-order valence-electron chi connectivity index (χ4n) is 4.57. The highest BCUT2D eigenvalue weighted by Crippen LogP contribution is 2.35. The van der Waals surface area contributed by atoms with Gasteiger partial charge in [-0.3, -0.25) is 13.7 Å². The predicted molar refractivity (Wildman–Crippen MR) is 191 cm³/mol. The molecule has 0 unspecified atom stereocenters. The summed E-state index contributed by atoms with van der Waals surface area (Å²) < 4.78 is 93.0. The molecule has 0 heterocycles. The summed E-state index contributed by atoms with van der Waals surface area (Å²) in [5.74, 6) is 0. The molecule has 256 valence electrons. The van der Waals surface area contributed by atoms with Gasteiger partial charge in [0.25, 0.3) is 30.4 Å². The predicted octanol–water partition coefficient (Wildman–Crippen LogP) is 5.18. The number of hydrogen-bond acceptors (Lipinski definition) is 11. The third-order valence-electron chi connectivity index (χ3n) is 6.90. The number of para-hydroxylation sites is 1. The van der Waals surface area contributed by atoms with Gasteiger partial charge in [-0.25, -0.2) is 0 Å². The van der Waals surface area contributed by atoms with Gasteiger partial charge in [-0.1, -0.05) is 36.4 Å². The topological polar surface area (TPSA) is 279 Å². The minimum atomic E-state index is -4.36. The number of nitrogen functional groups attached to an aromatic ring is 4. The highest BCUT2D eigenvalue weighted by Gasteiger charge is 2.18. The van der Waals surface area contributed by atoms with Crippen LogP contribution in [0.5, 0.6) is 0 Å². The molecule has 6 aromatic rings. The molecule has 14 nitrogen and oxygen atoms in total. The molecule has 0 aliphatic carbocycles. The van der Waals surface area contributed by atoms with Gasteiger partial charge >= 0.3 is 0 Å². The van der Waals surface area contributed by atoms with E-state index < -0.39 is 30.4 Å². The van der Waals surface area contributed by atoms with Crippen LogP contribution in [-0.2, 0) is 30.4 Å². The monoisotopic (exact) mass is 725 g/mol. The maximum Gasteiger partial charge on any atom is 0.295 e. The van der Waals surface area contributed by atoms with E-state index >= 15 is 0 Å². The summed E-state index contributed by atoms with van der Waals surface area (Å²) in [6, 6.07) is 30.0. The number of nitrogens with two attached hydrogens (primary N) is 4. The highest BCUT2D eigenvalue weighted by atomic mass is 32.2. The van der Waals surface area contributed by atoms with Crippen LogP contribution in [0.15, 0.2) is 130 Å². The molecule has 0 fully saturated rings. The minimum absolute atomic E-state index is 0.147. The standard InChI is InChI=1S/C16H14N2O3S.C10H10N2O3S.C6H7NO3S/c17-13-9-10-14(18-11-5-2-1-3-6-11)16-12(13)7-4-8-15(16)22(19,20)21;11-9-3-4-10(12)8-5-6(16(13,14)15)1-2-7(8)9;7-5-1-3-6(4-2-5)11(8,9)10/h1-10,18H,17H2,(H,19,20,21);1-5H,11-12H2,(H,13,14,15);1-4H,7H2,(H,8,9,10). The average molecular weight is 726 g/mol. The van der Waals surface area contributed by atoms with E-state index in [9.17, 15) is 29.8 Å². The van der Waals surface area contributed by atoms with Crippen molar-refractivity contribution in [3.05, 3.63) is 115 Å². The molecule has 12 N–H and O–H groups in total. The highest BCUT2D eigenvalue weighted by molar-refractivity contribution is 7.86.